The lowest BCUT2D eigenvalue weighted by Crippen LogP contribution is -2.47. The molecule has 0 radical (unpaired) electrons. The molecule has 0 bridgehead atoms. The topological polar surface area (TPSA) is 12.0 Å². The van der Waals surface area contributed by atoms with E-state index in [0.717, 1.165) is 6.42 Å². The monoisotopic (exact) mass is 139 g/mol. The zero-order valence-electron chi connectivity index (χ0n) is 7.04. The van der Waals surface area contributed by atoms with Crippen molar-refractivity contribution >= 4 is 0 Å². The number of rotatable bonds is 3. The number of allylic oxidation sites excluding steroid dienone is 1. The minimum atomic E-state index is 0.396. The van der Waals surface area contributed by atoms with Gasteiger partial charge in [-0.2, -0.15) is 0 Å². The van der Waals surface area contributed by atoms with Gasteiger partial charge in [-0.1, -0.05) is 13.5 Å². The summed E-state index contributed by atoms with van der Waals surface area (Å²) in [5.74, 6) is 0. The van der Waals surface area contributed by atoms with Crippen molar-refractivity contribution in [1.29, 1.82) is 0 Å². The van der Waals surface area contributed by atoms with E-state index in [9.17, 15) is 0 Å². The van der Waals surface area contributed by atoms with Crippen LogP contribution in [0.4, 0.5) is 0 Å². The number of hydrogen-bond acceptors (Lipinski definition) is 1. The van der Waals surface area contributed by atoms with Crippen LogP contribution in [-0.4, -0.2) is 5.54 Å². The molecule has 1 rings (SSSR count). The van der Waals surface area contributed by atoms with E-state index >= 15 is 0 Å². The SMILES string of the molecule is C=C(CC)NC1(C)CCC1. The smallest absolute Gasteiger partial charge is 0.0342 e. The molecule has 0 saturated heterocycles. The van der Waals surface area contributed by atoms with E-state index in [1.807, 2.05) is 0 Å². The van der Waals surface area contributed by atoms with Crippen LogP contribution < -0.4 is 5.32 Å². The Morgan fingerprint density at radius 3 is 2.50 bits per heavy atom. The van der Waals surface area contributed by atoms with E-state index in [1.165, 1.54) is 25.0 Å². The number of nitrogens with one attached hydrogen (secondary N) is 1. The van der Waals surface area contributed by atoms with Crippen LogP contribution in [0.1, 0.15) is 39.5 Å². The van der Waals surface area contributed by atoms with E-state index in [-0.39, 0.29) is 0 Å². The fourth-order valence-electron chi connectivity index (χ4n) is 1.35. The van der Waals surface area contributed by atoms with E-state index in [1.54, 1.807) is 0 Å². The first-order valence-corrected chi connectivity index (χ1v) is 4.12. The van der Waals surface area contributed by atoms with Crippen LogP contribution in [0.3, 0.4) is 0 Å². The summed E-state index contributed by atoms with van der Waals surface area (Å²) in [5.41, 5.74) is 1.58. The first-order chi connectivity index (χ1) is 4.66. The molecule has 1 nitrogen and oxygen atoms in total. The molecule has 1 saturated carbocycles. The molecule has 1 heteroatoms. The second kappa shape index (κ2) is 2.65. The van der Waals surface area contributed by atoms with Crippen molar-refractivity contribution in [1.82, 2.24) is 5.32 Å². The fourth-order valence-corrected chi connectivity index (χ4v) is 1.35. The van der Waals surface area contributed by atoms with Gasteiger partial charge in [-0.15, -0.1) is 0 Å². The molecule has 1 fully saturated rings. The van der Waals surface area contributed by atoms with Gasteiger partial charge >= 0.3 is 0 Å². The first-order valence-electron chi connectivity index (χ1n) is 4.12. The lowest BCUT2D eigenvalue weighted by atomic mass is 9.78. The van der Waals surface area contributed by atoms with Crippen molar-refractivity contribution in [3.8, 4) is 0 Å². The summed E-state index contributed by atoms with van der Waals surface area (Å²) in [4.78, 5) is 0. The van der Waals surface area contributed by atoms with Crippen molar-refractivity contribution in [2.45, 2.75) is 45.1 Å². The molecule has 1 aliphatic carbocycles. The minimum absolute atomic E-state index is 0.396. The Balaban J connectivity index is 2.29. The summed E-state index contributed by atoms with van der Waals surface area (Å²) in [5, 5.41) is 3.45. The molecular formula is C9H17N. The molecule has 58 valence electrons. The summed E-state index contributed by atoms with van der Waals surface area (Å²) in [7, 11) is 0. The maximum atomic E-state index is 3.93. The third-order valence-corrected chi connectivity index (χ3v) is 2.36. The fraction of sp³-hybridized carbons (Fsp3) is 0.778. The molecule has 0 amide bonds. The molecule has 0 spiro atoms. The zero-order valence-corrected chi connectivity index (χ0v) is 7.04. The van der Waals surface area contributed by atoms with Gasteiger partial charge in [0, 0.05) is 11.2 Å². The average molecular weight is 139 g/mol. The van der Waals surface area contributed by atoms with Gasteiger partial charge in [0.1, 0.15) is 0 Å². The van der Waals surface area contributed by atoms with E-state index in [4.69, 9.17) is 0 Å². The lowest BCUT2D eigenvalue weighted by molar-refractivity contribution is 0.226. The van der Waals surface area contributed by atoms with Crippen molar-refractivity contribution in [3.63, 3.8) is 0 Å². The zero-order chi connectivity index (χ0) is 7.61. The third-order valence-electron chi connectivity index (χ3n) is 2.36. The summed E-state index contributed by atoms with van der Waals surface area (Å²) in [6.07, 6.45) is 5.05. The van der Waals surface area contributed by atoms with Crippen molar-refractivity contribution in [2.75, 3.05) is 0 Å². The molecule has 1 N–H and O–H groups in total. The van der Waals surface area contributed by atoms with Gasteiger partial charge in [-0.25, -0.2) is 0 Å². The second-order valence-corrected chi connectivity index (χ2v) is 3.50. The van der Waals surface area contributed by atoms with Crippen LogP contribution in [0.5, 0.6) is 0 Å². The number of hydrogen-bond donors (Lipinski definition) is 1. The Morgan fingerprint density at radius 1 is 1.60 bits per heavy atom. The summed E-state index contributed by atoms with van der Waals surface area (Å²) < 4.78 is 0. The predicted molar refractivity (Wildman–Crippen MR) is 44.8 cm³/mol. The Morgan fingerprint density at radius 2 is 2.20 bits per heavy atom. The van der Waals surface area contributed by atoms with Crippen LogP contribution >= 0.6 is 0 Å². The van der Waals surface area contributed by atoms with Crippen molar-refractivity contribution in [2.24, 2.45) is 0 Å². The van der Waals surface area contributed by atoms with Crippen molar-refractivity contribution < 1.29 is 0 Å². The Bertz CT molecular complexity index is 134. The molecule has 10 heavy (non-hydrogen) atoms. The average Bonchev–Trinajstić information content (AvgIpc) is 1.84. The maximum absolute atomic E-state index is 3.93. The second-order valence-electron chi connectivity index (χ2n) is 3.50. The molecule has 0 aromatic heterocycles. The van der Waals surface area contributed by atoms with Crippen molar-refractivity contribution in [3.05, 3.63) is 12.3 Å². The molecule has 1 aliphatic rings. The highest BCUT2D eigenvalue weighted by Crippen LogP contribution is 2.31. The molecule has 0 aromatic carbocycles. The maximum Gasteiger partial charge on any atom is 0.0342 e. The summed E-state index contributed by atoms with van der Waals surface area (Å²) in [6, 6.07) is 0. The van der Waals surface area contributed by atoms with Crippen LogP contribution in [0.25, 0.3) is 0 Å². The van der Waals surface area contributed by atoms with E-state index < -0.39 is 0 Å². The van der Waals surface area contributed by atoms with Gasteiger partial charge in [0.05, 0.1) is 0 Å². The molecule has 0 unspecified atom stereocenters. The van der Waals surface area contributed by atoms with Crippen LogP contribution in [0.2, 0.25) is 0 Å². The highest BCUT2D eigenvalue weighted by atomic mass is 15.0. The molecule has 0 heterocycles. The van der Waals surface area contributed by atoms with Gasteiger partial charge in [0.2, 0.25) is 0 Å². The van der Waals surface area contributed by atoms with Crippen LogP contribution in [-0.2, 0) is 0 Å². The lowest BCUT2D eigenvalue weighted by Gasteiger charge is -2.40. The highest BCUT2D eigenvalue weighted by molar-refractivity contribution is 5.02. The van der Waals surface area contributed by atoms with Gasteiger partial charge in [0.15, 0.2) is 0 Å². The van der Waals surface area contributed by atoms with Crippen LogP contribution in [0, 0.1) is 0 Å². The predicted octanol–water partition coefficient (Wildman–Crippen LogP) is 2.44. The first kappa shape index (κ1) is 7.64. The minimum Gasteiger partial charge on any atom is -0.384 e. The highest BCUT2D eigenvalue weighted by Gasteiger charge is 2.31. The summed E-state index contributed by atoms with van der Waals surface area (Å²) >= 11 is 0. The normalized spacial score (nSPS) is 21.4. The third kappa shape index (κ3) is 1.53. The van der Waals surface area contributed by atoms with Gasteiger partial charge in [0.25, 0.3) is 0 Å². The molecule has 0 aliphatic heterocycles. The summed E-state index contributed by atoms with van der Waals surface area (Å²) in [6.45, 7) is 8.34. The van der Waals surface area contributed by atoms with E-state index in [2.05, 4.69) is 25.7 Å². The largest absolute Gasteiger partial charge is 0.384 e. The Labute approximate surface area is 63.5 Å². The standard InChI is InChI=1S/C9H17N/c1-4-8(2)10-9(3)6-5-7-9/h10H,2,4-7H2,1,3H3. The molecule has 0 aromatic rings. The Kier molecular flexibility index (Phi) is 2.02. The van der Waals surface area contributed by atoms with Gasteiger partial charge < -0.3 is 5.32 Å². The molecular weight excluding hydrogens is 122 g/mol. The Hall–Kier alpha value is -0.460. The molecule has 0 atom stereocenters. The van der Waals surface area contributed by atoms with E-state index in [0.29, 0.717) is 5.54 Å². The van der Waals surface area contributed by atoms with Crippen LogP contribution in [0.15, 0.2) is 12.3 Å². The quantitative estimate of drug-likeness (QED) is 0.633. The van der Waals surface area contributed by atoms with Gasteiger partial charge in [-0.3, -0.25) is 0 Å². The van der Waals surface area contributed by atoms with Gasteiger partial charge in [-0.05, 0) is 32.6 Å².